The average Bonchev–Trinajstić information content (AvgIpc) is 3.20. The van der Waals surface area contributed by atoms with E-state index in [9.17, 15) is 4.79 Å². The van der Waals surface area contributed by atoms with Gasteiger partial charge in [0.2, 0.25) is 11.8 Å². The van der Waals surface area contributed by atoms with Crippen molar-refractivity contribution >= 4 is 45.9 Å². The second-order valence-electron chi connectivity index (χ2n) is 7.46. The van der Waals surface area contributed by atoms with Crippen LogP contribution < -0.4 is 5.56 Å². The molecule has 0 aliphatic heterocycles. The standard InChI is InChI=1S/C22H20Cl2N4O2S/c1-13(2)9-10-28-21(29)16-8-7-14(23)11-18(16)25-22(28)31-12-19-26-27-20(30-19)15-5-3-4-6-17(15)24/h3-8,11,13H,9-10,12H2,1-2H3. The van der Waals surface area contributed by atoms with Gasteiger partial charge in [0.15, 0.2) is 5.16 Å². The molecule has 0 aliphatic rings. The summed E-state index contributed by atoms with van der Waals surface area (Å²) in [6.45, 7) is 4.83. The molecule has 0 amide bonds. The van der Waals surface area contributed by atoms with E-state index in [-0.39, 0.29) is 5.56 Å². The molecule has 0 unspecified atom stereocenters. The van der Waals surface area contributed by atoms with Crippen LogP contribution in [-0.2, 0) is 12.3 Å². The predicted molar refractivity (Wildman–Crippen MR) is 125 cm³/mol. The summed E-state index contributed by atoms with van der Waals surface area (Å²) >= 11 is 13.7. The Labute approximate surface area is 193 Å². The van der Waals surface area contributed by atoms with E-state index in [1.807, 2.05) is 18.2 Å². The number of hydrogen-bond donors (Lipinski definition) is 0. The van der Waals surface area contributed by atoms with Crippen molar-refractivity contribution < 1.29 is 4.42 Å². The molecule has 0 aliphatic carbocycles. The van der Waals surface area contributed by atoms with Crippen LogP contribution in [-0.4, -0.2) is 19.7 Å². The minimum Gasteiger partial charge on any atom is -0.420 e. The Balaban J connectivity index is 1.63. The van der Waals surface area contributed by atoms with Crippen LogP contribution in [0.5, 0.6) is 0 Å². The van der Waals surface area contributed by atoms with Gasteiger partial charge >= 0.3 is 0 Å². The Hall–Kier alpha value is -2.35. The van der Waals surface area contributed by atoms with Crippen LogP contribution in [0.4, 0.5) is 0 Å². The number of aromatic nitrogens is 4. The number of hydrogen-bond acceptors (Lipinski definition) is 6. The SMILES string of the molecule is CC(C)CCn1c(SCc2nnc(-c3ccccc3Cl)o2)nc2cc(Cl)ccc2c1=O. The highest BCUT2D eigenvalue weighted by Crippen LogP contribution is 2.28. The van der Waals surface area contributed by atoms with Gasteiger partial charge in [-0.05, 0) is 42.7 Å². The highest BCUT2D eigenvalue weighted by Gasteiger charge is 2.16. The molecule has 2 heterocycles. The summed E-state index contributed by atoms with van der Waals surface area (Å²) in [4.78, 5) is 17.8. The van der Waals surface area contributed by atoms with Crippen molar-refractivity contribution in [1.82, 2.24) is 19.7 Å². The van der Waals surface area contributed by atoms with Crippen LogP contribution in [0.15, 0.2) is 56.8 Å². The van der Waals surface area contributed by atoms with Gasteiger partial charge in [0.25, 0.3) is 5.56 Å². The fraction of sp³-hybridized carbons (Fsp3) is 0.273. The van der Waals surface area contributed by atoms with Gasteiger partial charge in [-0.3, -0.25) is 9.36 Å². The lowest BCUT2D eigenvalue weighted by atomic mass is 10.1. The largest absolute Gasteiger partial charge is 0.420 e. The van der Waals surface area contributed by atoms with E-state index >= 15 is 0 Å². The summed E-state index contributed by atoms with van der Waals surface area (Å²) in [6.07, 6.45) is 0.867. The lowest BCUT2D eigenvalue weighted by Gasteiger charge is -2.14. The molecule has 0 spiro atoms. The summed E-state index contributed by atoms with van der Waals surface area (Å²) in [7, 11) is 0. The van der Waals surface area contributed by atoms with Gasteiger partial charge in [-0.25, -0.2) is 4.98 Å². The highest BCUT2D eigenvalue weighted by molar-refractivity contribution is 7.98. The molecule has 2 aromatic heterocycles. The fourth-order valence-electron chi connectivity index (χ4n) is 3.05. The van der Waals surface area contributed by atoms with Gasteiger partial charge in [-0.2, -0.15) is 0 Å². The van der Waals surface area contributed by atoms with Gasteiger partial charge in [-0.1, -0.05) is 60.9 Å². The third-order valence-electron chi connectivity index (χ3n) is 4.71. The molecule has 4 rings (SSSR count). The van der Waals surface area contributed by atoms with Crippen LogP contribution in [0.25, 0.3) is 22.4 Å². The number of benzene rings is 2. The van der Waals surface area contributed by atoms with Gasteiger partial charge in [0, 0.05) is 11.6 Å². The molecule has 0 bridgehead atoms. The van der Waals surface area contributed by atoms with Crippen molar-refractivity contribution in [2.24, 2.45) is 5.92 Å². The van der Waals surface area contributed by atoms with Crippen LogP contribution in [0.3, 0.4) is 0 Å². The number of thioether (sulfide) groups is 1. The maximum absolute atomic E-state index is 13.1. The Kier molecular flexibility index (Phi) is 6.65. The van der Waals surface area contributed by atoms with E-state index in [1.54, 1.807) is 28.8 Å². The molecule has 6 nitrogen and oxygen atoms in total. The Morgan fingerprint density at radius 2 is 1.94 bits per heavy atom. The summed E-state index contributed by atoms with van der Waals surface area (Å²) < 4.78 is 7.50. The number of nitrogens with zero attached hydrogens (tertiary/aromatic N) is 4. The molecule has 2 aromatic carbocycles. The molecular weight excluding hydrogens is 455 g/mol. The molecule has 0 atom stereocenters. The quantitative estimate of drug-likeness (QED) is 0.238. The van der Waals surface area contributed by atoms with E-state index < -0.39 is 0 Å². The first-order valence-corrected chi connectivity index (χ1v) is 11.6. The fourth-order valence-corrected chi connectivity index (χ4v) is 4.30. The second-order valence-corrected chi connectivity index (χ2v) is 9.25. The first kappa shape index (κ1) is 21.9. The lowest BCUT2D eigenvalue weighted by molar-refractivity contribution is 0.480. The van der Waals surface area contributed by atoms with Crippen molar-refractivity contribution in [1.29, 1.82) is 0 Å². The first-order valence-electron chi connectivity index (χ1n) is 9.82. The third kappa shape index (κ3) is 4.95. The summed E-state index contributed by atoms with van der Waals surface area (Å²) in [5.41, 5.74) is 1.18. The number of fused-ring (bicyclic) bond motifs is 1. The van der Waals surface area contributed by atoms with E-state index in [0.717, 1.165) is 6.42 Å². The smallest absolute Gasteiger partial charge is 0.262 e. The zero-order valence-electron chi connectivity index (χ0n) is 17.0. The molecular formula is C22H20Cl2N4O2S. The summed E-state index contributed by atoms with van der Waals surface area (Å²) in [5, 5.41) is 10.4. The van der Waals surface area contributed by atoms with Crippen LogP contribution >= 0.6 is 35.0 Å². The Morgan fingerprint density at radius 1 is 1.13 bits per heavy atom. The molecule has 0 radical (unpaired) electrons. The van der Waals surface area contributed by atoms with Gasteiger partial charge in [0.05, 0.1) is 27.2 Å². The topological polar surface area (TPSA) is 73.8 Å². The maximum atomic E-state index is 13.1. The van der Waals surface area contributed by atoms with Crippen molar-refractivity contribution in [3.63, 3.8) is 0 Å². The minimum absolute atomic E-state index is 0.0768. The van der Waals surface area contributed by atoms with Crippen LogP contribution in [0.2, 0.25) is 10.0 Å². The van der Waals surface area contributed by atoms with Gasteiger partial charge in [0.1, 0.15) is 0 Å². The minimum atomic E-state index is -0.0768. The number of rotatable bonds is 7. The molecule has 0 N–H and O–H groups in total. The van der Waals surface area contributed by atoms with Crippen molar-refractivity contribution in [2.45, 2.75) is 37.7 Å². The normalized spacial score (nSPS) is 11.5. The van der Waals surface area contributed by atoms with Crippen LogP contribution in [0.1, 0.15) is 26.2 Å². The molecule has 0 fully saturated rings. The van der Waals surface area contributed by atoms with Gasteiger partial charge < -0.3 is 4.42 Å². The van der Waals surface area contributed by atoms with Crippen molar-refractivity contribution in [2.75, 3.05) is 0 Å². The molecule has 4 aromatic rings. The van der Waals surface area contributed by atoms with Crippen molar-refractivity contribution in [3.8, 4) is 11.5 Å². The predicted octanol–water partition coefficient (Wildman–Crippen LogP) is 6.09. The lowest BCUT2D eigenvalue weighted by Crippen LogP contribution is -2.24. The molecule has 160 valence electrons. The highest BCUT2D eigenvalue weighted by atomic mass is 35.5. The zero-order valence-corrected chi connectivity index (χ0v) is 19.3. The first-order chi connectivity index (χ1) is 14.9. The monoisotopic (exact) mass is 474 g/mol. The van der Waals surface area contributed by atoms with E-state index in [4.69, 9.17) is 32.6 Å². The second kappa shape index (κ2) is 9.42. The number of halogens is 2. The Bertz CT molecular complexity index is 1290. The van der Waals surface area contributed by atoms with E-state index in [0.29, 0.717) is 61.7 Å². The average molecular weight is 475 g/mol. The molecule has 0 saturated carbocycles. The molecule has 9 heteroatoms. The van der Waals surface area contributed by atoms with Crippen molar-refractivity contribution in [3.05, 3.63) is 68.8 Å². The van der Waals surface area contributed by atoms with Crippen LogP contribution in [0, 0.1) is 5.92 Å². The molecule has 0 saturated heterocycles. The summed E-state index contributed by atoms with van der Waals surface area (Å²) in [6, 6.07) is 12.4. The summed E-state index contributed by atoms with van der Waals surface area (Å²) in [5.74, 6) is 1.62. The maximum Gasteiger partial charge on any atom is 0.262 e. The van der Waals surface area contributed by atoms with Gasteiger partial charge in [-0.15, -0.1) is 10.2 Å². The third-order valence-corrected chi connectivity index (χ3v) is 6.23. The zero-order chi connectivity index (χ0) is 22.0. The van der Waals surface area contributed by atoms with E-state index in [2.05, 4.69) is 24.0 Å². The Morgan fingerprint density at radius 3 is 2.71 bits per heavy atom. The van der Waals surface area contributed by atoms with E-state index in [1.165, 1.54) is 11.8 Å². The molecule has 31 heavy (non-hydrogen) atoms.